The van der Waals surface area contributed by atoms with E-state index < -0.39 is 5.97 Å². The lowest BCUT2D eigenvalue weighted by Gasteiger charge is -2.10. The van der Waals surface area contributed by atoms with E-state index in [-0.39, 0.29) is 5.57 Å². The van der Waals surface area contributed by atoms with Gasteiger partial charge in [0.15, 0.2) is 5.57 Å². The van der Waals surface area contributed by atoms with E-state index in [1.807, 2.05) is 13.0 Å². The Morgan fingerprint density at radius 3 is 2.50 bits per heavy atom. The molecule has 16 heavy (non-hydrogen) atoms. The van der Waals surface area contributed by atoms with Crippen LogP contribution in [0.3, 0.4) is 0 Å². The predicted molar refractivity (Wildman–Crippen MR) is 60.3 cm³/mol. The lowest BCUT2D eigenvalue weighted by molar-refractivity contribution is -0.132. The number of carboxylic acids is 1. The SMILES string of the molecule is CCN/C(=C(/C#N)C(=O)O)c1ccccc1. The Morgan fingerprint density at radius 2 is 2.06 bits per heavy atom. The van der Waals surface area contributed by atoms with Crippen molar-refractivity contribution in [1.82, 2.24) is 5.32 Å². The normalized spacial score (nSPS) is 11.2. The number of nitriles is 1. The van der Waals surface area contributed by atoms with E-state index >= 15 is 0 Å². The fourth-order valence-electron chi connectivity index (χ4n) is 1.33. The number of aliphatic carboxylic acids is 1. The van der Waals surface area contributed by atoms with Crippen molar-refractivity contribution in [3.05, 3.63) is 41.5 Å². The van der Waals surface area contributed by atoms with Crippen LogP contribution in [0.4, 0.5) is 0 Å². The van der Waals surface area contributed by atoms with Crippen LogP contribution in [0.2, 0.25) is 0 Å². The second kappa shape index (κ2) is 5.56. The zero-order valence-corrected chi connectivity index (χ0v) is 8.90. The maximum Gasteiger partial charge on any atom is 0.348 e. The molecule has 1 rings (SSSR count). The van der Waals surface area contributed by atoms with Crippen molar-refractivity contribution in [3.8, 4) is 6.07 Å². The van der Waals surface area contributed by atoms with Gasteiger partial charge >= 0.3 is 5.97 Å². The second-order valence-corrected chi connectivity index (χ2v) is 3.06. The van der Waals surface area contributed by atoms with Crippen molar-refractivity contribution < 1.29 is 9.90 Å². The summed E-state index contributed by atoms with van der Waals surface area (Å²) in [5.74, 6) is -1.22. The number of rotatable bonds is 4. The highest BCUT2D eigenvalue weighted by atomic mass is 16.4. The topological polar surface area (TPSA) is 73.1 Å². The summed E-state index contributed by atoms with van der Waals surface area (Å²) in [5, 5.41) is 20.6. The fraction of sp³-hybridized carbons (Fsp3) is 0.167. The zero-order valence-electron chi connectivity index (χ0n) is 8.90. The second-order valence-electron chi connectivity index (χ2n) is 3.06. The Hall–Kier alpha value is -2.28. The Morgan fingerprint density at radius 1 is 1.44 bits per heavy atom. The first-order valence-corrected chi connectivity index (χ1v) is 4.87. The fourth-order valence-corrected chi connectivity index (χ4v) is 1.33. The molecule has 1 aromatic carbocycles. The summed E-state index contributed by atoms with van der Waals surface area (Å²) < 4.78 is 0. The molecule has 0 aliphatic rings. The third kappa shape index (κ3) is 2.61. The summed E-state index contributed by atoms with van der Waals surface area (Å²) in [6.45, 7) is 2.41. The summed E-state index contributed by atoms with van der Waals surface area (Å²) in [7, 11) is 0. The molecule has 0 saturated carbocycles. The molecule has 0 spiro atoms. The monoisotopic (exact) mass is 216 g/mol. The molecule has 0 unspecified atom stereocenters. The molecule has 0 atom stereocenters. The summed E-state index contributed by atoms with van der Waals surface area (Å²) in [6.07, 6.45) is 0. The maximum absolute atomic E-state index is 10.9. The molecule has 0 aromatic heterocycles. The smallest absolute Gasteiger partial charge is 0.348 e. The van der Waals surface area contributed by atoms with E-state index in [0.717, 1.165) is 0 Å². The minimum absolute atomic E-state index is 0.270. The highest BCUT2D eigenvalue weighted by Gasteiger charge is 2.14. The standard InChI is InChI=1S/C12H12N2O2/c1-2-14-11(10(8-13)12(15)16)9-6-4-3-5-7-9/h3-7,14H,2H2,1H3,(H,15,16)/b11-10-. The molecule has 0 heterocycles. The van der Waals surface area contributed by atoms with Crippen molar-refractivity contribution in [2.45, 2.75) is 6.92 Å². The predicted octanol–water partition coefficient (Wildman–Crippen LogP) is 1.62. The molecular formula is C12H12N2O2. The van der Waals surface area contributed by atoms with Gasteiger partial charge in [0, 0.05) is 6.54 Å². The summed E-state index contributed by atoms with van der Waals surface area (Å²) in [6, 6.07) is 10.7. The van der Waals surface area contributed by atoms with Crippen molar-refractivity contribution >= 4 is 11.7 Å². The molecule has 4 nitrogen and oxygen atoms in total. The number of benzene rings is 1. The van der Waals surface area contributed by atoms with Crippen LogP contribution in [0.1, 0.15) is 12.5 Å². The van der Waals surface area contributed by atoms with Gasteiger partial charge in [0.1, 0.15) is 6.07 Å². The molecular weight excluding hydrogens is 204 g/mol. The summed E-state index contributed by atoms with van der Waals surface area (Å²) in [5.41, 5.74) is 0.787. The first kappa shape index (κ1) is 11.8. The third-order valence-electron chi connectivity index (χ3n) is 1.99. The van der Waals surface area contributed by atoms with Crippen LogP contribution in [0.25, 0.3) is 5.70 Å². The Kier molecular flexibility index (Phi) is 4.10. The van der Waals surface area contributed by atoms with Gasteiger partial charge in [-0.3, -0.25) is 0 Å². The van der Waals surface area contributed by atoms with E-state index in [1.165, 1.54) is 0 Å². The van der Waals surface area contributed by atoms with E-state index in [1.54, 1.807) is 30.3 Å². The minimum atomic E-state index is -1.22. The largest absolute Gasteiger partial charge is 0.477 e. The molecule has 4 heteroatoms. The van der Waals surface area contributed by atoms with Gasteiger partial charge in [-0.2, -0.15) is 5.26 Å². The third-order valence-corrected chi connectivity index (χ3v) is 1.99. The van der Waals surface area contributed by atoms with Gasteiger partial charge in [0.25, 0.3) is 0 Å². The molecule has 0 radical (unpaired) electrons. The van der Waals surface area contributed by atoms with Gasteiger partial charge in [-0.1, -0.05) is 30.3 Å². The molecule has 82 valence electrons. The highest BCUT2D eigenvalue weighted by Crippen LogP contribution is 2.15. The van der Waals surface area contributed by atoms with Gasteiger partial charge in [-0.05, 0) is 12.5 Å². The van der Waals surface area contributed by atoms with E-state index in [4.69, 9.17) is 10.4 Å². The number of nitrogens with zero attached hydrogens (tertiary/aromatic N) is 1. The van der Waals surface area contributed by atoms with Crippen LogP contribution >= 0.6 is 0 Å². The quantitative estimate of drug-likeness (QED) is 0.592. The summed E-state index contributed by atoms with van der Waals surface area (Å²) >= 11 is 0. The van der Waals surface area contributed by atoms with Crippen LogP contribution in [-0.4, -0.2) is 17.6 Å². The van der Waals surface area contributed by atoms with Crippen LogP contribution in [0.5, 0.6) is 0 Å². The highest BCUT2D eigenvalue weighted by molar-refractivity contribution is 6.00. The van der Waals surface area contributed by atoms with Crippen LogP contribution in [0.15, 0.2) is 35.9 Å². The maximum atomic E-state index is 10.9. The van der Waals surface area contributed by atoms with Gasteiger partial charge < -0.3 is 10.4 Å². The molecule has 1 aromatic rings. The van der Waals surface area contributed by atoms with E-state index in [0.29, 0.717) is 17.8 Å². The number of carbonyl (C=O) groups is 1. The number of hydrogen-bond acceptors (Lipinski definition) is 3. The van der Waals surface area contributed by atoms with Gasteiger partial charge in [-0.25, -0.2) is 4.79 Å². The van der Waals surface area contributed by atoms with Crippen LogP contribution in [-0.2, 0) is 4.79 Å². The molecule has 2 N–H and O–H groups in total. The lowest BCUT2D eigenvalue weighted by atomic mass is 10.1. The van der Waals surface area contributed by atoms with Crippen molar-refractivity contribution in [1.29, 1.82) is 5.26 Å². The van der Waals surface area contributed by atoms with Crippen LogP contribution in [0, 0.1) is 11.3 Å². The van der Waals surface area contributed by atoms with E-state index in [9.17, 15) is 4.79 Å². The minimum Gasteiger partial charge on any atom is -0.477 e. The van der Waals surface area contributed by atoms with Crippen molar-refractivity contribution in [2.75, 3.05) is 6.54 Å². The van der Waals surface area contributed by atoms with Gasteiger partial charge in [0.2, 0.25) is 0 Å². The van der Waals surface area contributed by atoms with Crippen molar-refractivity contribution in [3.63, 3.8) is 0 Å². The Labute approximate surface area is 93.8 Å². The Bertz CT molecular complexity index is 444. The van der Waals surface area contributed by atoms with Gasteiger partial charge in [0.05, 0.1) is 5.70 Å². The average molecular weight is 216 g/mol. The van der Waals surface area contributed by atoms with Crippen molar-refractivity contribution in [2.24, 2.45) is 0 Å². The Balaban J connectivity index is 3.29. The molecule has 0 fully saturated rings. The zero-order chi connectivity index (χ0) is 12.0. The molecule has 0 saturated heterocycles. The first-order valence-electron chi connectivity index (χ1n) is 4.87. The van der Waals surface area contributed by atoms with Gasteiger partial charge in [-0.15, -0.1) is 0 Å². The van der Waals surface area contributed by atoms with E-state index in [2.05, 4.69) is 5.32 Å². The summed E-state index contributed by atoms with van der Waals surface area (Å²) in [4.78, 5) is 10.9. The number of nitrogens with one attached hydrogen (secondary N) is 1. The number of hydrogen-bond donors (Lipinski definition) is 2. The first-order chi connectivity index (χ1) is 7.70. The lowest BCUT2D eigenvalue weighted by Crippen LogP contribution is -2.16. The molecule has 0 amide bonds. The molecule has 0 aliphatic carbocycles. The molecule has 0 bridgehead atoms. The average Bonchev–Trinajstić information content (AvgIpc) is 2.29. The van der Waals surface area contributed by atoms with Crippen LogP contribution < -0.4 is 5.32 Å². The molecule has 0 aliphatic heterocycles. The number of carboxylic acid groups (broad SMARTS) is 1.